The molecular weight excluding hydrogens is 251 g/mol. The molecule has 0 aromatic heterocycles. The second-order valence-corrected chi connectivity index (χ2v) is 4.97. The van der Waals surface area contributed by atoms with Gasteiger partial charge in [-0.25, -0.2) is 4.39 Å². The minimum Gasteiger partial charge on any atom is -0.372 e. The van der Waals surface area contributed by atoms with Gasteiger partial charge in [-0.3, -0.25) is 0 Å². The average Bonchev–Trinajstić information content (AvgIpc) is 2.46. The molecule has 0 bridgehead atoms. The summed E-state index contributed by atoms with van der Waals surface area (Å²) < 4.78 is 14.1. The highest BCUT2D eigenvalue weighted by Gasteiger charge is 2.08. The molecule has 0 fully saturated rings. The van der Waals surface area contributed by atoms with E-state index < -0.39 is 0 Å². The lowest BCUT2D eigenvalue weighted by molar-refractivity contribution is 0.618. The summed E-state index contributed by atoms with van der Waals surface area (Å²) in [6.07, 6.45) is 0.912. The van der Waals surface area contributed by atoms with Gasteiger partial charge in [0.15, 0.2) is 0 Å². The van der Waals surface area contributed by atoms with Gasteiger partial charge >= 0.3 is 0 Å². The Kier molecular flexibility index (Phi) is 5.13. The Morgan fingerprint density at radius 2 is 1.80 bits per heavy atom. The predicted molar refractivity (Wildman–Crippen MR) is 82.6 cm³/mol. The minimum atomic E-state index is -0.159. The second kappa shape index (κ2) is 7.06. The monoisotopic (exact) mass is 272 g/mol. The van der Waals surface area contributed by atoms with Crippen molar-refractivity contribution in [1.29, 1.82) is 0 Å². The molecule has 0 saturated heterocycles. The highest BCUT2D eigenvalue weighted by Crippen LogP contribution is 2.19. The number of nitrogens with one attached hydrogen (secondary N) is 1. The molecule has 0 atom stereocenters. The predicted octanol–water partition coefficient (Wildman–Crippen LogP) is 3.22. The standard InChI is InChI=1S/C17H21FN2/c1-19-13-15-8-9-17(16(18)12-15)20(2)11-10-14-6-4-3-5-7-14/h3-9,12,19H,10-11,13H2,1-2H3. The van der Waals surface area contributed by atoms with Crippen molar-refractivity contribution in [1.82, 2.24) is 5.32 Å². The summed E-state index contributed by atoms with van der Waals surface area (Å²) in [6.45, 7) is 1.48. The lowest BCUT2D eigenvalue weighted by Gasteiger charge is -2.20. The highest BCUT2D eigenvalue weighted by molar-refractivity contribution is 5.48. The van der Waals surface area contributed by atoms with Crippen molar-refractivity contribution >= 4 is 5.69 Å². The zero-order chi connectivity index (χ0) is 14.4. The van der Waals surface area contributed by atoms with Gasteiger partial charge in [0.25, 0.3) is 0 Å². The van der Waals surface area contributed by atoms with Crippen LogP contribution in [0.3, 0.4) is 0 Å². The molecule has 0 aliphatic rings. The maximum absolute atomic E-state index is 14.1. The van der Waals surface area contributed by atoms with Crippen LogP contribution in [0.4, 0.5) is 10.1 Å². The number of halogens is 1. The summed E-state index contributed by atoms with van der Waals surface area (Å²) in [5, 5.41) is 3.03. The van der Waals surface area contributed by atoms with Crippen LogP contribution in [-0.4, -0.2) is 20.6 Å². The average molecular weight is 272 g/mol. The van der Waals surface area contributed by atoms with Crippen LogP contribution in [0.25, 0.3) is 0 Å². The third kappa shape index (κ3) is 3.81. The van der Waals surface area contributed by atoms with E-state index in [0.717, 1.165) is 18.5 Å². The Morgan fingerprint density at radius 1 is 1.05 bits per heavy atom. The Hall–Kier alpha value is -1.87. The molecular formula is C17H21FN2. The molecule has 1 N–H and O–H groups in total. The Morgan fingerprint density at radius 3 is 2.45 bits per heavy atom. The van der Waals surface area contributed by atoms with Gasteiger partial charge in [0.2, 0.25) is 0 Å². The first-order valence-electron chi connectivity index (χ1n) is 6.89. The second-order valence-electron chi connectivity index (χ2n) is 4.97. The number of benzene rings is 2. The molecule has 20 heavy (non-hydrogen) atoms. The van der Waals surface area contributed by atoms with Crippen molar-refractivity contribution in [3.05, 3.63) is 65.5 Å². The number of nitrogens with zero attached hydrogens (tertiary/aromatic N) is 1. The van der Waals surface area contributed by atoms with E-state index in [1.54, 1.807) is 6.07 Å². The first-order chi connectivity index (χ1) is 9.70. The maximum atomic E-state index is 14.1. The van der Waals surface area contributed by atoms with Crippen molar-refractivity contribution in [3.8, 4) is 0 Å². The SMILES string of the molecule is CNCc1ccc(N(C)CCc2ccccc2)c(F)c1. The first-order valence-corrected chi connectivity index (χ1v) is 6.89. The number of hydrogen-bond acceptors (Lipinski definition) is 2. The Bertz CT molecular complexity index is 540. The molecule has 0 radical (unpaired) electrons. The lowest BCUT2D eigenvalue weighted by Crippen LogP contribution is -2.21. The van der Waals surface area contributed by atoms with Crippen molar-refractivity contribution in [2.75, 3.05) is 25.5 Å². The molecule has 106 valence electrons. The van der Waals surface area contributed by atoms with Crippen LogP contribution in [0.1, 0.15) is 11.1 Å². The fourth-order valence-corrected chi connectivity index (χ4v) is 2.24. The molecule has 0 heterocycles. The lowest BCUT2D eigenvalue weighted by atomic mass is 10.1. The molecule has 2 rings (SSSR count). The number of hydrogen-bond donors (Lipinski definition) is 1. The summed E-state index contributed by atoms with van der Waals surface area (Å²) in [6, 6.07) is 15.7. The molecule has 3 heteroatoms. The zero-order valence-corrected chi connectivity index (χ0v) is 12.1. The molecule has 0 spiro atoms. The molecule has 2 nitrogen and oxygen atoms in total. The smallest absolute Gasteiger partial charge is 0.146 e. The molecule has 2 aromatic rings. The summed E-state index contributed by atoms with van der Waals surface area (Å²) in [5.41, 5.74) is 2.89. The first kappa shape index (κ1) is 14.5. The number of likely N-dealkylation sites (N-methyl/N-ethyl adjacent to an activating group) is 1. The van der Waals surface area contributed by atoms with Gasteiger partial charge in [0.05, 0.1) is 5.69 Å². The van der Waals surface area contributed by atoms with Crippen LogP contribution in [0.15, 0.2) is 48.5 Å². The van der Waals surface area contributed by atoms with E-state index in [4.69, 9.17) is 0 Å². The van der Waals surface area contributed by atoms with Crippen LogP contribution in [0.5, 0.6) is 0 Å². The van der Waals surface area contributed by atoms with Crippen LogP contribution < -0.4 is 10.2 Å². The fourth-order valence-electron chi connectivity index (χ4n) is 2.24. The molecule has 0 aliphatic carbocycles. The third-order valence-corrected chi connectivity index (χ3v) is 3.38. The van der Waals surface area contributed by atoms with E-state index in [2.05, 4.69) is 17.4 Å². The van der Waals surface area contributed by atoms with Gasteiger partial charge in [-0.2, -0.15) is 0 Å². The van der Waals surface area contributed by atoms with Crippen LogP contribution in [0, 0.1) is 5.82 Å². The Balaban J connectivity index is 2.00. The van der Waals surface area contributed by atoms with Gasteiger partial charge in [0.1, 0.15) is 5.82 Å². The van der Waals surface area contributed by atoms with Crippen LogP contribution in [-0.2, 0) is 13.0 Å². The van der Waals surface area contributed by atoms with Crippen LogP contribution in [0.2, 0.25) is 0 Å². The largest absolute Gasteiger partial charge is 0.372 e. The molecule has 0 unspecified atom stereocenters. The summed E-state index contributed by atoms with van der Waals surface area (Å²) in [5.74, 6) is -0.159. The van der Waals surface area contributed by atoms with E-state index in [1.807, 2.05) is 49.3 Å². The minimum absolute atomic E-state index is 0.159. The quantitative estimate of drug-likeness (QED) is 0.868. The maximum Gasteiger partial charge on any atom is 0.146 e. The van der Waals surface area contributed by atoms with Gasteiger partial charge in [-0.15, -0.1) is 0 Å². The molecule has 0 aliphatic heterocycles. The summed E-state index contributed by atoms with van der Waals surface area (Å²) >= 11 is 0. The van der Waals surface area contributed by atoms with E-state index in [-0.39, 0.29) is 5.82 Å². The fraction of sp³-hybridized carbons (Fsp3) is 0.294. The normalized spacial score (nSPS) is 10.6. The Labute approximate surface area is 120 Å². The number of rotatable bonds is 6. The van der Waals surface area contributed by atoms with E-state index in [0.29, 0.717) is 12.2 Å². The van der Waals surface area contributed by atoms with Gasteiger partial charge < -0.3 is 10.2 Å². The summed E-state index contributed by atoms with van der Waals surface area (Å²) in [4.78, 5) is 1.96. The van der Waals surface area contributed by atoms with Crippen molar-refractivity contribution < 1.29 is 4.39 Å². The van der Waals surface area contributed by atoms with Crippen molar-refractivity contribution in [2.24, 2.45) is 0 Å². The number of anilines is 1. The van der Waals surface area contributed by atoms with Gasteiger partial charge in [0, 0.05) is 20.1 Å². The van der Waals surface area contributed by atoms with E-state index >= 15 is 0 Å². The van der Waals surface area contributed by atoms with Crippen molar-refractivity contribution in [3.63, 3.8) is 0 Å². The van der Waals surface area contributed by atoms with Crippen LogP contribution >= 0.6 is 0 Å². The molecule has 2 aromatic carbocycles. The molecule has 0 amide bonds. The van der Waals surface area contributed by atoms with Crippen molar-refractivity contribution in [2.45, 2.75) is 13.0 Å². The summed E-state index contributed by atoms with van der Waals surface area (Å²) in [7, 11) is 3.79. The third-order valence-electron chi connectivity index (χ3n) is 3.38. The van der Waals surface area contributed by atoms with E-state index in [1.165, 1.54) is 5.56 Å². The van der Waals surface area contributed by atoms with Gasteiger partial charge in [-0.1, -0.05) is 36.4 Å². The van der Waals surface area contributed by atoms with E-state index in [9.17, 15) is 4.39 Å². The highest BCUT2D eigenvalue weighted by atomic mass is 19.1. The molecule has 0 saturated carbocycles. The topological polar surface area (TPSA) is 15.3 Å². The van der Waals surface area contributed by atoms with Gasteiger partial charge in [-0.05, 0) is 36.7 Å². The zero-order valence-electron chi connectivity index (χ0n) is 12.1.